The number of esters is 1. The second-order valence-electron chi connectivity index (χ2n) is 4.45. The molecule has 3 aromatic rings. The van der Waals surface area contributed by atoms with Crippen LogP contribution in [0.2, 0.25) is 0 Å². The Kier molecular flexibility index (Phi) is 3.34. The van der Waals surface area contributed by atoms with Crippen molar-refractivity contribution in [3.05, 3.63) is 35.2 Å². The number of imidazole rings is 1. The van der Waals surface area contributed by atoms with Crippen molar-refractivity contribution >= 4 is 33.3 Å². The fraction of sp³-hybridized carbons (Fsp3) is 0.214. The number of nitrogen functional groups attached to an aromatic ring is 1. The first-order chi connectivity index (χ1) is 10.1. The van der Waals surface area contributed by atoms with Crippen molar-refractivity contribution < 1.29 is 9.53 Å². The van der Waals surface area contributed by atoms with E-state index in [4.69, 9.17) is 10.5 Å². The number of ether oxygens (including phenoxy) is 1. The molecule has 21 heavy (non-hydrogen) atoms. The maximum atomic E-state index is 11.8. The number of fused-ring (bicyclic) bond motifs is 1. The Morgan fingerprint density at radius 2 is 2.29 bits per heavy atom. The summed E-state index contributed by atoms with van der Waals surface area (Å²) in [6.07, 6.45) is 0. The molecule has 0 fully saturated rings. The molecule has 0 aliphatic carbocycles. The van der Waals surface area contributed by atoms with Gasteiger partial charge in [-0.05, 0) is 32.0 Å². The smallest absolute Gasteiger partial charge is 0.360 e. The Labute approximate surface area is 125 Å². The zero-order chi connectivity index (χ0) is 15.0. The van der Waals surface area contributed by atoms with Gasteiger partial charge in [-0.1, -0.05) is 0 Å². The lowest BCUT2D eigenvalue weighted by molar-refractivity contribution is 0.0521. The van der Waals surface area contributed by atoms with Crippen molar-refractivity contribution in [3.63, 3.8) is 0 Å². The SMILES string of the molecule is CCOC(=O)c1nc(C)n(-c2ccc3ncsc3c2)c1N. The number of thiazole rings is 1. The van der Waals surface area contributed by atoms with Crippen LogP contribution in [0, 0.1) is 6.92 Å². The molecule has 3 rings (SSSR count). The quantitative estimate of drug-likeness (QED) is 0.752. The first-order valence-electron chi connectivity index (χ1n) is 6.47. The molecule has 0 aliphatic rings. The number of hydrogen-bond donors (Lipinski definition) is 1. The topological polar surface area (TPSA) is 83.0 Å². The van der Waals surface area contributed by atoms with Gasteiger partial charge in [-0.3, -0.25) is 4.57 Å². The van der Waals surface area contributed by atoms with Gasteiger partial charge in [0, 0.05) is 0 Å². The minimum absolute atomic E-state index is 0.152. The van der Waals surface area contributed by atoms with Crippen LogP contribution in [0.4, 0.5) is 5.82 Å². The number of rotatable bonds is 3. The van der Waals surface area contributed by atoms with E-state index in [2.05, 4.69) is 9.97 Å². The van der Waals surface area contributed by atoms with Gasteiger partial charge in [-0.25, -0.2) is 14.8 Å². The van der Waals surface area contributed by atoms with Gasteiger partial charge in [-0.2, -0.15) is 0 Å². The summed E-state index contributed by atoms with van der Waals surface area (Å²) in [5.74, 6) is 0.421. The molecule has 0 bridgehead atoms. The monoisotopic (exact) mass is 302 g/mol. The Morgan fingerprint density at radius 3 is 3.05 bits per heavy atom. The van der Waals surface area contributed by atoms with Crippen molar-refractivity contribution in [1.29, 1.82) is 0 Å². The Balaban J connectivity index is 2.11. The van der Waals surface area contributed by atoms with E-state index in [1.165, 1.54) is 0 Å². The van der Waals surface area contributed by atoms with Crippen LogP contribution in [0.1, 0.15) is 23.2 Å². The van der Waals surface area contributed by atoms with Crippen LogP contribution >= 0.6 is 11.3 Å². The van der Waals surface area contributed by atoms with Crippen LogP contribution in [-0.4, -0.2) is 27.1 Å². The van der Waals surface area contributed by atoms with Gasteiger partial charge in [0.15, 0.2) is 5.69 Å². The summed E-state index contributed by atoms with van der Waals surface area (Å²) in [5, 5.41) is 0. The molecule has 0 aliphatic heterocycles. The van der Waals surface area contributed by atoms with Gasteiger partial charge in [0.05, 0.1) is 28.0 Å². The van der Waals surface area contributed by atoms with E-state index in [1.54, 1.807) is 35.3 Å². The number of benzene rings is 1. The fourth-order valence-corrected chi connectivity index (χ4v) is 2.92. The molecule has 2 aromatic heterocycles. The van der Waals surface area contributed by atoms with Crippen LogP contribution < -0.4 is 5.73 Å². The number of carbonyl (C=O) groups excluding carboxylic acids is 1. The lowest BCUT2D eigenvalue weighted by Crippen LogP contribution is -2.09. The lowest BCUT2D eigenvalue weighted by atomic mass is 10.3. The highest BCUT2D eigenvalue weighted by Gasteiger charge is 2.20. The zero-order valence-electron chi connectivity index (χ0n) is 11.7. The van der Waals surface area contributed by atoms with E-state index in [9.17, 15) is 4.79 Å². The van der Waals surface area contributed by atoms with Gasteiger partial charge >= 0.3 is 5.97 Å². The van der Waals surface area contributed by atoms with Gasteiger partial charge in [0.25, 0.3) is 0 Å². The number of anilines is 1. The van der Waals surface area contributed by atoms with Crippen molar-refractivity contribution in [1.82, 2.24) is 14.5 Å². The third kappa shape index (κ3) is 2.25. The molecule has 0 unspecified atom stereocenters. The first kappa shape index (κ1) is 13.6. The highest BCUT2D eigenvalue weighted by atomic mass is 32.1. The summed E-state index contributed by atoms with van der Waals surface area (Å²) in [4.78, 5) is 20.3. The van der Waals surface area contributed by atoms with Crippen LogP contribution in [0.25, 0.3) is 15.9 Å². The van der Waals surface area contributed by atoms with Crippen molar-refractivity contribution in [2.75, 3.05) is 12.3 Å². The number of carbonyl (C=O) groups is 1. The van der Waals surface area contributed by atoms with E-state index in [-0.39, 0.29) is 18.1 Å². The number of nitrogens with two attached hydrogens (primary N) is 1. The number of nitrogens with zero attached hydrogens (tertiary/aromatic N) is 3. The second kappa shape index (κ2) is 5.17. The minimum atomic E-state index is -0.504. The Bertz CT molecular complexity index is 822. The second-order valence-corrected chi connectivity index (χ2v) is 5.34. The summed E-state index contributed by atoms with van der Waals surface area (Å²) in [5.41, 5.74) is 9.81. The summed E-state index contributed by atoms with van der Waals surface area (Å²) in [6.45, 7) is 3.84. The highest BCUT2D eigenvalue weighted by molar-refractivity contribution is 7.16. The van der Waals surface area contributed by atoms with E-state index in [0.717, 1.165) is 15.9 Å². The maximum Gasteiger partial charge on any atom is 0.360 e. The summed E-state index contributed by atoms with van der Waals surface area (Å²) < 4.78 is 7.76. The van der Waals surface area contributed by atoms with Gasteiger partial charge in [-0.15, -0.1) is 11.3 Å². The first-order valence-corrected chi connectivity index (χ1v) is 7.35. The molecule has 7 heteroatoms. The molecule has 2 heterocycles. The lowest BCUT2D eigenvalue weighted by Gasteiger charge is -2.07. The van der Waals surface area contributed by atoms with Crippen LogP contribution in [0.5, 0.6) is 0 Å². The normalized spacial score (nSPS) is 11.0. The molecular weight excluding hydrogens is 288 g/mol. The zero-order valence-corrected chi connectivity index (χ0v) is 12.5. The number of aryl methyl sites for hydroxylation is 1. The van der Waals surface area contributed by atoms with E-state index < -0.39 is 5.97 Å². The van der Waals surface area contributed by atoms with Gasteiger partial charge in [0.2, 0.25) is 0 Å². The van der Waals surface area contributed by atoms with Crippen LogP contribution in [0.15, 0.2) is 23.7 Å². The minimum Gasteiger partial charge on any atom is -0.461 e. The molecule has 6 nitrogen and oxygen atoms in total. The summed E-state index contributed by atoms with van der Waals surface area (Å²) >= 11 is 1.55. The van der Waals surface area contributed by atoms with Gasteiger partial charge < -0.3 is 10.5 Å². The molecule has 108 valence electrons. The predicted octanol–water partition coefficient (Wildman–Crippen LogP) is 2.55. The molecule has 0 amide bonds. The number of hydrogen-bond acceptors (Lipinski definition) is 6. The van der Waals surface area contributed by atoms with E-state index >= 15 is 0 Å². The highest BCUT2D eigenvalue weighted by Crippen LogP contribution is 2.26. The summed E-state index contributed by atoms with van der Waals surface area (Å²) in [7, 11) is 0. The predicted molar refractivity (Wildman–Crippen MR) is 81.8 cm³/mol. The average Bonchev–Trinajstić information content (AvgIpc) is 3.03. The standard InChI is InChI=1S/C14H14N4O2S/c1-3-20-14(19)12-13(15)18(8(2)17-12)9-4-5-10-11(6-9)21-7-16-10/h4-7H,3,15H2,1-2H3. The summed E-state index contributed by atoms with van der Waals surface area (Å²) in [6, 6.07) is 5.80. The van der Waals surface area contributed by atoms with E-state index in [0.29, 0.717) is 5.82 Å². The molecule has 0 saturated carbocycles. The van der Waals surface area contributed by atoms with Gasteiger partial charge in [0.1, 0.15) is 11.6 Å². The van der Waals surface area contributed by atoms with Crippen molar-refractivity contribution in [3.8, 4) is 5.69 Å². The molecule has 0 spiro atoms. The molecular formula is C14H14N4O2S. The van der Waals surface area contributed by atoms with Crippen LogP contribution in [-0.2, 0) is 4.74 Å². The Morgan fingerprint density at radius 1 is 1.48 bits per heavy atom. The fourth-order valence-electron chi connectivity index (χ4n) is 2.21. The number of aromatic nitrogens is 3. The van der Waals surface area contributed by atoms with Crippen molar-refractivity contribution in [2.45, 2.75) is 13.8 Å². The van der Waals surface area contributed by atoms with Crippen molar-refractivity contribution in [2.24, 2.45) is 0 Å². The Hall–Kier alpha value is -2.41. The largest absolute Gasteiger partial charge is 0.461 e. The molecule has 2 N–H and O–H groups in total. The van der Waals surface area contributed by atoms with Crippen LogP contribution in [0.3, 0.4) is 0 Å². The third-order valence-corrected chi connectivity index (χ3v) is 3.91. The average molecular weight is 302 g/mol. The molecule has 0 saturated heterocycles. The molecule has 0 radical (unpaired) electrons. The third-order valence-electron chi connectivity index (χ3n) is 3.12. The maximum absolute atomic E-state index is 11.8. The molecule has 1 aromatic carbocycles. The molecule has 0 atom stereocenters. The van der Waals surface area contributed by atoms with E-state index in [1.807, 2.05) is 18.2 Å².